The van der Waals surface area contributed by atoms with Gasteiger partial charge in [0.2, 0.25) is 0 Å². The minimum atomic E-state index is 0.199. The van der Waals surface area contributed by atoms with Crippen LogP contribution in [0.5, 0.6) is 0 Å². The van der Waals surface area contributed by atoms with Gasteiger partial charge in [-0.15, -0.1) is 0 Å². The molecule has 0 aromatic heterocycles. The molecule has 19 heavy (non-hydrogen) atoms. The lowest BCUT2D eigenvalue weighted by atomic mass is 9.82. The normalized spacial score (nSPS) is 20.8. The van der Waals surface area contributed by atoms with Crippen LogP contribution in [0.25, 0.3) is 0 Å². The number of benzene rings is 1. The first-order valence-electron chi connectivity index (χ1n) is 7.21. The van der Waals surface area contributed by atoms with Crippen LogP contribution in [0.15, 0.2) is 18.2 Å². The number of amides is 1. The summed E-state index contributed by atoms with van der Waals surface area (Å²) in [7, 11) is 0. The van der Waals surface area contributed by atoms with Crippen molar-refractivity contribution in [1.82, 2.24) is 4.90 Å². The highest BCUT2D eigenvalue weighted by Crippen LogP contribution is 2.31. The van der Waals surface area contributed by atoms with Gasteiger partial charge in [0.25, 0.3) is 5.91 Å². The molecule has 0 spiro atoms. The Morgan fingerprint density at radius 2 is 2.00 bits per heavy atom. The Labute approximate surface area is 115 Å². The maximum Gasteiger partial charge on any atom is 0.253 e. The summed E-state index contributed by atoms with van der Waals surface area (Å²) in [4.78, 5) is 14.5. The van der Waals surface area contributed by atoms with Gasteiger partial charge in [0.15, 0.2) is 0 Å². The molecule has 1 saturated heterocycles. The summed E-state index contributed by atoms with van der Waals surface area (Å²) < 4.78 is 0. The van der Waals surface area contributed by atoms with Crippen molar-refractivity contribution in [2.45, 2.75) is 33.1 Å². The lowest BCUT2D eigenvalue weighted by molar-refractivity contribution is 0.0630. The quantitative estimate of drug-likeness (QED) is 0.840. The zero-order valence-electron chi connectivity index (χ0n) is 11.8. The average Bonchev–Trinajstić information content (AvgIpc) is 2.85. The maximum absolute atomic E-state index is 12.5. The second-order valence-electron chi connectivity index (χ2n) is 6.51. The summed E-state index contributed by atoms with van der Waals surface area (Å²) in [6, 6.07) is 6.07. The molecular weight excluding hydrogens is 236 g/mol. The number of carbonyl (C=O) groups is 1. The molecule has 0 atom stereocenters. The third-order valence-electron chi connectivity index (χ3n) is 4.47. The molecule has 3 nitrogen and oxygen atoms in total. The predicted octanol–water partition coefficient (Wildman–Crippen LogP) is 2.92. The van der Waals surface area contributed by atoms with E-state index in [0.29, 0.717) is 5.41 Å². The van der Waals surface area contributed by atoms with Crippen molar-refractivity contribution in [3.63, 3.8) is 0 Å². The van der Waals surface area contributed by atoms with E-state index in [1.54, 1.807) is 0 Å². The van der Waals surface area contributed by atoms with Crippen LogP contribution in [0.4, 0.5) is 5.69 Å². The van der Waals surface area contributed by atoms with E-state index >= 15 is 0 Å². The number of piperidine rings is 1. The third kappa shape index (κ3) is 2.46. The molecule has 0 saturated carbocycles. The van der Waals surface area contributed by atoms with E-state index in [1.165, 1.54) is 11.3 Å². The molecular formula is C16H22N2O. The Balaban J connectivity index is 1.74. The SMILES string of the molecule is CC1(C)CCN(C(=O)c2ccc3c(c2)CCN3)CC1. The smallest absolute Gasteiger partial charge is 0.253 e. The van der Waals surface area contributed by atoms with E-state index in [-0.39, 0.29) is 5.91 Å². The number of carbonyl (C=O) groups excluding carboxylic acids is 1. The van der Waals surface area contributed by atoms with E-state index in [2.05, 4.69) is 25.2 Å². The van der Waals surface area contributed by atoms with Gasteiger partial charge in [-0.1, -0.05) is 13.8 Å². The van der Waals surface area contributed by atoms with Crippen molar-refractivity contribution in [2.75, 3.05) is 25.0 Å². The molecule has 2 aliphatic rings. The van der Waals surface area contributed by atoms with Crippen LogP contribution in [0.2, 0.25) is 0 Å². The molecule has 102 valence electrons. The summed E-state index contributed by atoms with van der Waals surface area (Å²) in [6.45, 7) is 7.35. The number of rotatable bonds is 1. The van der Waals surface area contributed by atoms with Gasteiger partial charge in [-0.2, -0.15) is 0 Å². The summed E-state index contributed by atoms with van der Waals surface area (Å²) in [6.07, 6.45) is 3.24. The van der Waals surface area contributed by atoms with Gasteiger partial charge in [0.1, 0.15) is 0 Å². The molecule has 1 fully saturated rings. The van der Waals surface area contributed by atoms with Gasteiger partial charge in [0, 0.05) is 30.9 Å². The Morgan fingerprint density at radius 1 is 1.26 bits per heavy atom. The Bertz CT molecular complexity index is 497. The number of nitrogens with one attached hydrogen (secondary N) is 1. The summed E-state index contributed by atoms with van der Waals surface area (Å²) >= 11 is 0. The monoisotopic (exact) mass is 258 g/mol. The van der Waals surface area contributed by atoms with Crippen LogP contribution < -0.4 is 5.32 Å². The highest BCUT2D eigenvalue weighted by Gasteiger charge is 2.28. The van der Waals surface area contributed by atoms with Crippen LogP contribution in [0, 0.1) is 5.41 Å². The largest absolute Gasteiger partial charge is 0.384 e. The van der Waals surface area contributed by atoms with Crippen molar-refractivity contribution >= 4 is 11.6 Å². The number of hydrogen-bond donors (Lipinski definition) is 1. The second kappa shape index (κ2) is 4.55. The van der Waals surface area contributed by atoms with E-state index in [0.717, 1.165) is 44.5 Å². The lowest BCUT2D eigenvalue weighted by Gasteiger charge is -2.37. The highest BCUT2D eigenvalue weighted by molar-refractivity contribution is 5.95. The molecule has 0 bridgehead atoms. The summed E-state index contributed by atoms with van der Waals surface area (Å²) in [5.74, 6) is 0.199. The molecule has 0 unspecified atom stereocenters. The highest BCUT2D eigenvalue weighted by atomic mass is 16.2. The first-order valence-corrected chi connectivity index (χ1v) is 7.21. The fourth-order valence-corrected chi connectivity index (χ4v) is 2.94. The van der Waals surface area contributed by atoms with Crippen LogP contribution in [0.1, 0.15) is 42.6 Å². The number of fused-ring (bicyclic) bond motifs is 1. The van der Waals surface area contributed by atoms with Gasteiger partial charge in [-0.3, -0.25) is 4.79 Å². The van der Waals surface area contributed by atoms with Crippen LogP contribution >= 0.6 is 0 Å². The van der Waals surface area contributed by atoms with Gasteiger partial charge in [0.05, 0.1) is 0 Å². The fourth-order valence-electron chi connectivity index (χ4n) is 2.94. The van der Waals surface area contributed by atoms with E-state index in [4.69, 9.17) is 0 Å². The van der Waals surface area contributed by atoms with Crippen molar-refractivity contribution < 1.29 is 4.79 Å². The van der Waals surface area contributed by atoms with Crippen molar-refractivity contribution in [1.29, 1.82) is 0 Å². The van der Waals surface area contributed by atoms with Crippen LogP contribution in [-0.4, -0.2) is 30.4 Å². The van der Waals surface area contributed by atoms with Gasteiger partial charge < -0.3 is 10.2 Å². The zero-order valence-corrected chi connectivity index (χ0v) is 11.8. The average molecular weight is 258 g/mol. The first kappa shape index (κ1) is 12.5. The number of anilines is 1. The Kier molecular flexibility index (Phi) is 3.00. The molecule has 1 aromatic carbocycles. The molecule has 2 aliphatic heterocycles. The molecule has 1 N–H and O–H groups in total. The van der Waals surface area contributed by atoms with Crippen LogP contribution in [0.3, 0.4) is 0 Å². The maximum atomic E-state index is 12.5. The number of hydrogen-bond acceptors (Lipinski definition) is 2. The van der Waals surface area contributed by atoms with Gasteiger partial charge >= 0.3 is 0 Å². The Morgan fingerprint density at radius 3 is 2.74 bits per heavy atom. The summed E-state index contributed by atoms with van der Waals surface area (Å²) in [5.41, 5.74) is 3.71. The molecule has 2 heterocycles. The topological polar surface area (TPSA) is 32.3 Å². The number of nitrogens with zero attached hydrogens (tertiary/aromatic N) is 1. The van der Waals surface area contributed by atoms with E-state index in [1.807, 2.05) is 17.0 Å². The zero-order chi connectivity index (χ0) is 13.5. The predicted molar refractivity (Wildman–Crippen MR) is 77.6 cm³/mol. The Hall–Kier alpha value is -1.51. The summed E-state index contributed by atoms with van der Waals surface area (Å²) in [5, 5.41) is 3.33. The van der Waals surface area contributed by atoms with Crippen LogP contribution in [-0.2, 0) is 6.42 Å². The molecule has 3 rings (SSSR count). The minimum Gasteiger partial charge on any atom is -0.384 e. The standard InChI is InChI=1S/C16H22N2O/c1-16(2)6-9-18(10-7-16)15(19)13-3-4-14-12(11-13)5-8-17-14/h3-4,11,17H,5-10H2,1-2H3. The van der Waals surface area contributed by atoms with Gasteiger partial charge in [-0.25, -0.2) is 0 Å². The molecule has 0 aliphatic carbocycles. The molecule has 1 aromatic rings. The minimum absolute atomic E-state index is 0.199. The second-order valence-corrected chi connectivity index (χ2v) is 6.51. The lowest BCUT2D eigenvalue weighted by Crippen LogP contribution is -2.41. The van der Waals surface area contributed by atoms with E-state index in [9.17, 15) is 4.79 Å². The number of likely N-dealkylation sites (tertiary alicyclic amines) is 1. The van der Waals surface area contributed by atoms with E-state index < -0.39 is 0 Å². The van der Waals surface area contributed by atoms with Crippen molar-refractivity contribution in [3.05, 3.63) is 29.3 Å². The van der Waals surface area contributed by atoms with Crippen molar-refractivity contribution in [3.8, 4) is 0 Å². The fraction of sp³-hybridized carbons (Fsp3) is 0.562. The molecule has 1 amide bonds. The first-order chi connectivity index (χ1) is 9.05. The molecule has 0 radical (unpaired) electrons. The van der Waals surface area contributed by atoms with Crippen molar-refractivity contribution in [2.24, 2.45) is 5.41 Å². The van der Waals surface area contributed by atoms with Gasteiger partial charge in [-0.05, 0) is 48.4 Å². The molecule has 3 heteroatoms. The third-order valence-corrected chi connectivity index (χ3v) is 4.47.